The molecule has 0 fully saturated rings. The molecule has 104 valence electrons. The number of nitrogens with one attached hydrogen (secondary N) is 1. The molecule has 0 saturated heterocycles. The van der Waals surface area contributed by atoms with Crippen molar-refractivity contribution in [2.45, 2.75) is 32.7 Å². The number of amides is 1. The van der Waals surface area contributed by atoms with Crippen molar-refractivity contribution < 1.29 is 9.72 Å². The fourth-order valence-corrected chi connectivity index (χ4v) is 2.02. The number of aryl methyl sites for hydroxylation is 1. The number of primary amides is 1. The molecule has 0 spiro atoms. The minimum Gasteiger partial charge on any atom is -0.379 e. The topological polar surface area (TPSA) is 98.3 Å². The van der Waals surface area contributed by atoms with Crippen LogP contribution >= 0.6 is 11.6 Å². The lowest BCUT2D eigenvalue weighted by Gasteiger charge is -2.27. The summed E-state index contributed by atoms with van der Waals surface area (Å²) in [5.41, 5.74) is 5.78. The lowest BCUT2D eigenvalue weighted by molar-refractivity contribution is -0.384. The molecule has 0 aliphatic heterocycles. The number of carbonyl (C=O) groups excluding carboxylic acids is 1. The first-order chi connectivity index (χ1) is 8.62. The number of hydrogen-bond acceptors (Lipinski definition) is 4. The smallest absolute Gasteiger partial charge is 0.288 e. The molecule has 0 aromatic heterocycles. The van der Waals surface area contributed by atoms with E-state index in [4.69, 9.17) is 17.3 Å². The summed E-state index contributed by atoms with van der Waals surface area (Å²) < 4.78 is 0. The second-order valence-corrected chi connectivity index (χ2v) is 5.43. The van der Waals surface area contributed by atoms with Crippen molar-refractivity contribution in [3.05, 3.63) is 32.8 Å². The summed E-state index contributed by atoms with van der Waals surface area (Å²) in [7, 11) is 0. The number of hydrogen-bond donors (Lipinski definition) is 2. The van der Waals surface area contributed by atoms with Gasteiger partial charge in [-0.3, -0.25) is 14.9 Å². The van der Waals surface area contributed by atoms with Gasteiger partial charge in [0.1, 0.15) is 5.02 Å². The lowest BCUT2D eigenvalue weighted by Crippen LogP contribution is -2.36. The van der Waals surface area contributed by atoms with E-state index >= 15 is 0 Å². The van der Waals surface area contributed by atoms with Gasteiger partial charge in [0, 0.05) is 23.7 Å². The Morgan fingerprint density at radius 1 is 1.53 bits per heavy atom. The van der Waals surface area contributed by atoms with E-state index in [1.165, 1.54) is 12.1 Å². The third-order valence-corrected chi connectivity index (χ3v) is 2.88. The standard InChI is InChI=1S/C12H16ClN3O3/c1-7-4-10(16(18)19)8(13)5-9(7)15-12(2,3)6-11(14)17/h4-5,15H,6H2,1-3H3,(H2,14,17). The molecule has 0 bridgehead atoms. The number of nitrogens with zero attached hydrogens (tertiary/aromatic N) is 1. The first-order valence-corrected chi connectivity index (χ1v) is 6.01. The quantitative estimate of drug-likeness (QED) is 0.642. The monoisotopic (exact) mass is 285 g/mol. The number of benzene rings is 1. The molecule has 3 N–H and O–H groups in total. The van der Waals surface area contributed by atoms with E-state index in [0.29, 0.717) is 11.3 Å². The Kier molecular flexibility index (Phi) is 4.36. The molecule has 0 unspecified atom stereocenters. The van der Waals surface area contributed by atoms with Gasteiger partial charge in [-0.15, -0.1) is 0 Å². The van der Waals surface area contributed by atoms with Crippen LogP contribution in [0.25, 0.3) is 0 Å². The summed E-state index contributed by atoms with van der Waals surface area (Å²) in [6.45, 7) is 5.35. The number of nitro groups is 1. The van der Waals surface area contributed by atoms with E-state index in [0.717, 1.165) is 0 Å². The minimum absolute atomic E-state index is 0.0491. The van der Waals surface area contributed by atoms with Gasteiger partial charge in [0.05, 0.1) is 4.92 Å². The minimum atomic E-state index is -0.559. The van der Waals surface area contributed by atoms with Gasteiger partial charge in [-0.05, 0) is 32.4 Å². The molecule has 0 aliphatic rings. The van der Waals surface area contributed by atoms with Crippen LogP contribution in [0.5, 0.6) is 0 Å². The molecule has 0 heterocycles. The highest BCUT2D eigenvalue weighted by atomic mass is 35.5. The van der Waals surface area contributed by atoms with Gasteiger partial charge in [0.25, 0.3) is 5.69 Å². The molecule has 7 heteroatoms. The zero-order chi connectivity index (χ0) is 14.8. The van der Waals surface area contributed by atoms with Crippen LogP contribution in [0.15, 0.2) is 12.1 Å². The molecule has 0 atom stereocenters. The molecule has 19 heavy (non-hydrogen) atoms. The summed E-state index contributed by atoms with van der Waals surface area (Å²) in [5.74, 6) is -0.428. The van der Waals surface area contributed by atoms with Crippen LogP contribution < -0.4 is 11.1 Å². The molecular formula is C12H16ClN3O3. The fourth-order valence-electron chi connectivity index (χ4n) is 1.79. The van der Waals surface area contributed by atoms with Crippen LogP contribution in [-0.4, -0.2) is 16.4 Å². The van der Waals surface area contributed by atoms with Gasteiger partial charge >= 0.3 is 0 Å². The average molecular weight is 286 g/mol. The third-order valence-electron chi connectivity index (χ3n) is 2.58. The molecule has 1 amide bonds. The Labute approximate surface area is 116 Å². The van der Waals surface area contributed by atoms with E-state index in [1.54, 1.807) is 6.92 Å². The van der Waals surface area contributed by atoms with Gasteiger partial charge in [0.2, 0.25) is 5.91 Å². The van der Waals surface area contributed by atoms with E-state index in [-0.39, 0.29) is 17.1 Å². The van der Waals surface area contributed by atoms with Crippen molar-refractivity contribution in [2.75, 3.05) is 5.32 Å². The first-order valence-electron chi connectivity index (χ1n) is 5.63. The second-order valence-electron chi connectivity index (χ2n) is 5.03. The Hall–Kier alpha value is -1.82. The number of rotatable bonds is 5. The van der Waals surface area contributed by atoms with Crippen LogP contribution in [0.3, 0.4) is 0 Å². The zero-order valence-corrected chi connectivity index (χ0v) is 11.7. The Bertz CT molecular complexity index is 529. The average Bonchev–Trinajstić information content (AvgIpc) is 2.19. The molecule has 1 rings (SSSR count). The van der Waals surface area contributed by atoms with Crippen LogP contribution in [0, 0.1) is 17.0 Å². The predicted molar refractivity (Wildman–Crippen MR) is 74.4 cm³/mol. The number of halogens is 1. The summed E-state index contributed by atoms with van der Waals surface area (Å²) in [6.07, 6.45) is 0.140. The maximum atomic E-state index is 11.0. The predicted octanol–water partition coefficient (Wildman–Crippen LogP) is 2.62. The van der Waals surface area contributed by atoms with Gasteiger partial charge in [-0.1, -0.05) is 11.6 Å². The van der Waals surface area contributed by atoms with E-state index in [1.807, 2.05) is 13.8 Å². The number of nitro benzene ring substituents is 1. The largest absolute Gasteiger partial charge is 0.379 e. The molecule has 0 aliphatic carbocycles. The molecule has 0 saturated carbocycles. The van der Waals surface area contributed by atoms with Gasteiger partial charge in [0.15, 0.2) is 0 Å². The molecule has 1 aromatic rings. The second kappa shape index (κ2) is 5.44. The Morgan fingerprint density at radius 3 is 2.58 bits per heavy atom. The third kappa shape index (κ3) is 4.10. The summed E-state index contributed by atoms with van der Waals surface area (Å²) in [5, 5.41) is 13.9. The first kappa shape index (κ1) is 15.2. The number of carbonyl (C=O) groups is 1. The highest BCUT2D eigenvalue weighted by molar-refractivity contribution is 6.33. The fraction of sp³-hybridized carbons (Fsp3) is 0.417. The normalized spacial score (nSPS) is 11.2. The van der Waals surface area contributed by atoms with E-state index in [2.05, 4.69) is 5.32 Å². The molecular weight excluding hydrogens is 270 g/mol. The van der Waals surface area contributed by atoms with Gasteiger partial charge in [-0.25, -0.2) is 0 Å². The summed E-state index contributed by atoms with van der Waals surface area (Å²) in [4.78, 5) is 21.2. The van der Waals surface area contributed by atoms with Crippen LogP contribution in [0.1, 0.15) is 25.8 Å². The highest BCUT2D eigenvalue weighted by Crippen LogP contribution is 2.32. The summed E-state index contributed by atoms with van der Waals surface area (Å²) >= 11 is 5.86. The summed E-state index contributed by atoms with van der Waals surface area (Å²) in [6, 6.07) is 2.88. The molecule has 0 radical (unpaired) electrons. The van der Waals surface area contributed by atoms with Crippen LogP contribution in [0.2, 0.25) is 5.02 Å². The van der Waals surface area contributed by atoms with Crippen molar-refractivity contribution in [1.29, 1.82) is 0 Å². The Balaban J connectivity index is 3.06. The van der Waals surface area contributed by atoms with Crippen molar-refractivity contribution in [3.63, 3.8) is 0 Å². The van der Waals surface area contributed by atoms with E-state index < -0.39 is 16.4 Å². The number of nitrogens with two attached hydrogens (primary N) is 1. The van der Waals surface area contributed by atoms with Crippen molar-refractivity contribution >= 4 is 28.9 Å². The van der Waals surface area contributed by atoms with E-state index in [9.17, 15) is 14.9 Å². The number of anilines is 1. The van der Waals surface area contributed by atoms with Crippen molar-refractivity contribution in [3.8, 4) is 0 Å². The molecule has 6 nitrogen and oxygen atoms in total. The van der Waals surface area contributed by atoms with Crippen molar-refractivity contribution in [2.24, 2.45) is 5.73 Å². The van der Waals surface area contributed by atoms with Crippen LogP contribution in [0.4, 0.5) is 11.4 Å². The zero-order valence-electron chi connectivity index (χ0n) is 11.0. The molecule has 1 aromatic carbocycles. The lowest BCUT2D eigenvalue weighted by atomic mass is 9.99. The highest BCUT2D eigenvalue weighted by Gasteiger charge is 2.23. The SMILES string of the molecule is Cc1cc([N+](=O)[O-])c(Cl)cc1NC(C)(C)CC(N)=O. The van der Waals surface area contributed by atoms with Crippen molar-refractivity contribution in [1.82, 2.24) is 0 Å². The maximum Gasteiger partial charge on any atom is 0.288 e. The maximum absolute atomic E-state index is 11.0. The van der Waals surface area contributed by atoms with Crippen LogP contribution in [-0.2, 0) is 4.79 Å². The van der Waals surface area contributed by atoms with Gasteiger partial charge < -0.3 is 11.1 Å². The Morgan fingerprint density at radius 2 is 2.11 bits per heavy atom. The van der Waals surface area contributed by atoms with Gasteiger partial charge in [-0.2, -0.15) is 0 Å².